The van der Waals surface area contributed by atoms with Gasteiger partial charge in [-0.15, -0.1) is 0 Å². The fraction of sp³-hybridized carbons (Fsp3) is 0.400. The molecule has 0 atom stereocenters. The summed E-state index contributed by atoms with van der Waals surface area (Å²) in [5.41, 5.74) is 2.33. The van der Waals surface area contributed by atoms with Crippen molar-refractivity contribution in [3.63, 3.8) is 0 Å². The fourth-order valence-electron chi connectivity index (χ4n) is 3.11. The van der Waals surface area contributed by atoms with Crippen molar-refractivity contribution >= 4 is 49.7 Å². The van der Waals surface area contributed by atoms with Crippen LogP contribution in [0.15, 0.2) is 24.3 Å². The highest BCUT2D eigenvalue weighted by Crippen LogP contribution is 2.35. The number of ether oxygens (including phenoxy) is 2. The Morgan fingerprint density at radius 2 is 0.923 bits per heavy atom. The van der Waals surface area contributed by atoms with E-state index >= 15 is 0 Å². The highest BCUT2D eigenvalue weighted by atomic mass is 35.5. The maximum absolute atomic E-state index is 6.51. The molecular weight excluding hydrogens is 399 g/mol. The Morgan fingerprint density at radius 3 is 1.15 bits per heavy atom. The third-order valence-electron chi connectivity index (χ3n) is 4.49. The van der Waals surface area contributed by atoms with Gasteiger partial charge < -0.3 is 9.47 Å². The number of hydrogen-bond acceptors (Lipinski definition) is 2. The molecule has 0 aliphatic carbocycles. The van der Waals surface area contributed by atoms with Gasteiger partial charge in [-0.3, -0.25) is 0 Å². The summed E-state index contributed by atoms with van der Waals surface area (Å²) >= 11 is 13.0. The van der Waals surface area contributed by atoms with E-state index in [0.717, 1.165) is 22.6 Å². The zero-order valence-electron chi connectivity index (χ0n) is 16.9. The van der Waals surface area contributed by atoms with E-state index in [4.69, 9.17) is 32.7 Å². The first-order valence-corrected chi connectivity index (χ1v) is 16.4. The zero-order chi connectivity index (χ0) is 19.9. The molecule has 2 aromatic rings. The summed E-state index contributed by atoms with van der Waals surface area (Å²) in [6.07, 6.45) is 0. The van der Waals surface area contributed by atoms with Gasteiger partial charge >= 0.3 is 0 Å². The molecule has 2 nitrogen and oxygen atoms in total. The van der Waals surface area contributed by atoms with Crippen molar-refractivity contribution in [1.29, 1.82) is 0 Å². The van der Waals surface area contributed by atoms with Crippen LogP contribution in [-0.2, 0) is 0 Å². The Kier molecular flexibility index (Phi) is 6.23. The minimum atomic E-state index is -1.65. The molecular formula is C20H28Cl2O2Si2. The predicted octanol–water partition coefficient (Wildman–Crippen LogP) is 5.77. The molecule has 0 saturated carbocycles. The second-order valence-corrected chi connectivity index (χ2v) is 19.5. The van der Waals surface area contributed by atoms with Crippen LogP contribution in [0, 0.1) is 0 Å². The number of halogens is 2. The summed E-state index contributed by atoms with van der Waals surface area (Å²) in [7, 11) is 0.0185. The van der Waals surface area contributed by atoms with Crippen molar-refractivity contribution in [1.82, 2.24) is 0 Å². The summed E-state index contributed by atoms with van der Waals surface area (Å²) in [6.45, 7) is 14.0. The standard InChI is InChI=1S/C20H28Cl2O2Si2/c1-23-17-11-19(25(3,4)5)13(9-15(17)21)14-10-16(22)18(24-2)12-20(14)26(6,7)8/h9-12H,1-8H3. The third-order valence-corrected chi connectivity index (χ3v) is 9.14. The van der Waals surface area contributed by atoms with Crippen LogP contribution in [0.1, 0.15) is 0 Å². The zero-order valence-corrected chi connectivity index (χ0v) is 20.4. The van der Waals surface area contributed by atoms with Crippen molar-refractivity contribution in [2.45, 2.75) is 39.3 Å². The average Bonchev–Trinajstić information content (AvgIpc) is 2.52. The fourth-order valence-corrected chi connectivity index (χ4v) is 6.75. The van der Waals surface area contributed by atoms with Gasteiger partial charge in [-0.05, 0) is 45.8 Å². The summed E-state index contributed by atoms with van der Waals surface area (Å²) < 4.78 is 11.0. The predicted molar refractivity (Wildman–Crippen MR) is 121 cm³/mol. The van der Waals surface area contributed by atoms with E-state index in [1.165, 1.54) is 10.4 Å². The number of rotatable bonds is 5. The van der Waals surface area contributed by atoms with Crippen molar-refractivity contribution in [2.75, 3.05) is 14.2 Å². The van der Waals surface area contributed by atoms with Gasteiger partial charge in [0.25, 0.3) is 0 Å². The highest BCUT2D eigenvalue weighted by molar-refractivity contribution is 6.91. The van der Waals surface area contributed by atoms with Crippen LogP contribution in [0.2, 0.25) is 49.3 Å². The summed E-state index contributed by atoms with van der Waals surface area (Å²) in [6, 6.07) is 8.29. The quantitative estimate of drug-likeness (QED) is 0.564. The van der Waals surface area contributed by atoms with Gasteiger partial charge in [0, 0.05) is 0 Å². The lowest BCUT2D eigenvalue weighted by molar-refractivity contribution is 0.415. The van der Waals surface area contributed by atoms with Gasteiger partial charge in [0.1, 0.15) is 11.5 Å². The first-order valence-electron chi connectivity index (χ1n) is 8.66. The van der Waals surface area contributed by atoms with Gasteiger partial charge in [0.05, 0.1) is 40.4 Å². The van der Waals surface area contributed by atoms with Gasteiger partial charge in [-0.2, -0.15) is 0 Å². The van der Waals surface area contributed by atoms with Crippen LogP contribution in [0.4, 0.5) is 0 Å². The van der Waals surface area contributed by atoms with E-state index in [2.05, 4.69) is 51.4 Å². The maximum atomic E-state index is 6.51. The largest absolute Gasteiger partial charge is 0.495 e. The number of hydrogen-bond donors (Lipinski definition) is 0. The van der Waals surface area contributed by atoms with Crippen molar-refractivity contribution in [3.05, 3.63) is 34.3 Å². The molecule has 0 heterocycles. The summed E-state index contributed by atoms with van der Waals surface area (Å²) in [5.74, 6) is 1.45. The molecule has 0 amide bonds. The lowest BCUT2D eigenvalue weighted by atomic mass is 10.0. The highest BCUT2D eigenvalue weighted by Gasteiger charge is 2.28. The van der Waals surface area contributed by atoms with Crippen molar-refractivity contribution in [3.8, 4) is 22.6 Å². The van der Waals surface area contributed by atoms with Crippen LogP contribution in [0.3, 0.4) is 0 Å². The third kappa shape index (κ3) is 4.30. The normalized spacial score (nSPS) is 12.2. The van der Waals surface area contributed by atoms with Crippen LogP contribution < -0.4 is 19.8 Å². The first kappa shape index (κ1) is 21.4. The van der Waals surface area contributed by atoms with Crippen LogP contribution in [0.5, 0.6) is 11.5 Å². The maximum Gasteiger partial charge on any atom is 0.137 e. The van der Waals surface area contributed by atoms with Crippen molar-refractivity contribution < 1.29 is 9.47 Å². The molecule has 0 radical (unpaired) electrons. The molecule has 6 heteroatoms. The van der Waals surface area contributed by atoms with Gasteiger partial charge in [-0.25, -0.2) is 0 Å². The van der Waals surface area contributed by atoms with E-state index in [9.17, 15) is 0 Å². The van der Waals surface area contributed by atoms with E-state index in [0.29, 0.717) is 10.0 Å². The Bertz CT molecular complexity index is 753. The molecule has 0 bridgehead atoms. The molecule has 0 spiro atoms. The Labute approximate surface area is 169 Å². The van der Waals surface area contributed by atoms with E-state index < -0.39 is 16.1 Å². The average molecular weight is 428 g/mol. The van der Waals surface area contributed by atoms with E-state index in [-0.39, 0.29) is 0 Å². The molecule has 142 valence electrons. The Hall–Kier alpha value is -0.946. The first-order chi connectivity index (χ1) is 11.9. The lowest BCUT2D eigenvalue weighted by Gasteiger charge is -2.28. The second-order valence-electron chi connectivity index (χ2n) is 8.56. The molecule has 0 N–H and O–H groups in total. The molecule has 0 fully saturated rings. The Morgan fingerprint density at radius 1 is 0.615 bits per heavy atom. The Balaban J connectivity index is 2.91. The van der Waals surface area contributed by atoms with Crippen LogP contribution in [-0.4, -0.2) is 30.4 Å². The molecule has 0 aromatic heterocycles. The molecule has 0 aliphatic heterocycles. The van der Waals surface area contributed by atoms with Crippen molar-refractivity contribution in [2.24, 2.45) is 0 Å². The van der Waals surface area contributed by atoms with Gasteiger partial charge in [0.15, 0.2) is 0 Å². The molecule has 26 heavy (non-hydrogen) atoms. The summed E-state index contributed by atoms with van der Waals surface area (Å²) in [4.78, 5) is 0. The molecule has 2 rings (SSSR count). The molecule has 0 unspecified atom stereocenters. The minimum absolute atomic E-state index is 0.623. The van der Waals surface area contributed by atoms with Gasteiger partial charge in [0.2, 0.25) is 0 Å². The lowest BCUT2D eigenvalue weighted by Crippen LogP contribution is -2.43. The van der Waals surface area contributed by atoms with E-state index in [1.807, 2.05) is 12.1 Å². The number of methoxy groups -OCH3 is 2. The van der Waals surface area contributed by atoms with E-state index in [1.54, 1.807) is 14.2 Å². The second kappa shape index (κ2) is 7.59. The molecule has 0 saturated heterocycles. The smallest absolute Gasteiger partial charge is 0.137 e. The topological polar surface area (TPSA) is 18.5 Å². The van der Waals surface area contributed by atoms with Crippen LogP contribution >= 0.6 is 23.2 Å². The van der Waals surface area contributed by atoms with Crippen LogP contribution in [0.25, 0.3) is 11.1 Å². The SMILES string of the molecule is COc1cc([Si](C)(C)C)c(-c2cc(Cl)c(OC)cc2[Si](C)(C)C)cc1Cl. The molecule has 2 aromatic carbocycles. The summed E-state index contributed by atoms with van der Waals surface area (Å²) in [5, 5.41) is 3.88. The number of benzene rings is 2. The minimum Gasteiger partial charge on any atom is -0.495 e. The van der Waals surface area contributed by atoms with Gasteiger partial charge in [-0.1, -0.05) is 62.5 Å². The monoisotopic (exact) mass is 426 g/mol. The molecule has 0 aliphatic rings.